The SMILES string of the molecule is c1cc(Sc2n[nH]c(CCC3CCCC3)n2)nc(C2CC2)n1. The van der Waals surface area contributed by atoms with Crippen LogP contribution < -0.4 is 0 Å². The van der Waals surface area contributed by atoms with Crippen molar-refractivity contribution in [1.29, 1.82) is 0 Å². The third-order valence-electron chi connectivity index (χ3n) is 4.56. The lowest BCUT2D eigenvalue weighted by Gasteiger charge is -2.05. The van der Waals surface area contributed by atoms with Gasteiger partial charge in [0.1, 0.15) is 16.7 Å². The number of aromatic amines is 1. The number of rotatable bonds is 6. The van der Waals surface area contributed by atoms with Crippen LogP contribution in [0.15, 0.2) is 22.4 Å². The van der Waals surface area contributed by atoms with Crippen LogP contribution in [0.4, 0.5) is 0 Å². The average molecular weight is 315 g/mol. The van der Waals surface area contributed by atoms with E-state index in [0.29, 0.717) is 5.92 Å². The van der Waals surface area contributed by atoms with E-state index in [1.165, 1.54) is 56.7 Å². The van der Waals surface area contributed by atoms with E-state index in [1.807, 2.05) is 12.3 Å². The summed E-state index contributed by atoms with van der Waals surface area (Å²) in [5.74, 6) is 3.45. The van der Waals surface area contributed by atoms with Gasteiger partial charge in [-0.1, -0.05) is 25.7 Å². The summed E-state index contributed by atoms with van der Waals surface area (Å²) in [5, 5.41) is 9.10. The molecule has 2 heterocycles. The van der Waals surface area contributed by atoms with E-state index in [4.69, 9.17) is 0 Å². The highest BCUT2D eigenvalue weighted by molar-refractivity contribution is 7.99. The second-order valence-electron chi connectivity index (χ2n) is 6.38. The summed E-state index contributed by atoms with van der Waals surface area (Å²) < 4.78 is 0. The Morgan fingerprint density at radius 3 is 2.82 bits per heavy atom. The molecule has 2 fully saturated rings. The molecule has 0 aromatic carbocycles. The lowest BCUT2D eigenvalue weighted by Crippen LogP contribution is -1.97. The minimum absolute atomic E-state index is 0.578. The molecule has 2 saturated carbocycles. The van der Waals surface area contributed by atoms with Crippen molar-refractivity contribution < 1.29 is 0 Å². The van der Waals surface area contributed by atoms with E-state index in [-0.39, 0.29) is 0 Å². The monoisotopic (exact) mass is 315 g/mol. The molecule has 4 rings (SSSR count). The number of hydrogen-bond donors (Lipinski definition) is 1. The topological polar surface area (TPSA) is 67.3 Å². The molecule has 0 unspecified atom stereocenters. The number of nitrogens with zero attached hydrogens (tertiary/aromatic N) is 4. The third-order valence-corrected chi connectivity index (χ3v) is 5.36. The first kappa shape index (κ1) is 14.2. The first-order valence-electron chi connectivity index (χ1n) is 8.29. The van der Waals surface area contributed by atoms with Crippen molar-refractivity contribution in [2.45, 2.75) is 67.5 Å². The van der Waals surface area contributed by atoms with Gasteiger partial charge < -0.3 is 0 Å². The fourth-order valence-electron chi connectivity index (χ4n) is 3.12. The summed E-state index contributed by atoms with van der Waals surface area (Å²) in [6.45, 7) is 0. The second kappa shape index (κ2) is 6.36. The first-order chi connectivity index (χ1) is 10.9. The Morgan fingerprint density at radius 2 is 2.00 bits per heavy atom. The summed E-state index contributed by atoms with van der Waals surface area (Å²) >= 11 is 1.52. The third kappa shape index (κ3) is 3.48. The maximum atomic E-state index is 4.61. The molecule has 22 heavy (non-hydrogen) atoms. The highest BCUT2D eigenvalue weighted by Crippen LogP contribution is 2.38. The Kier molecular flexibility index (Phi) is 4.10. The smallest absolute Gasteiger partial charge is 0.214 e. The van der Waals surface area contributed by atoms with Crippen molar-refractivity contribution in [3.63, 3.8) is 0 Å². The minimum atomic E-state index is 0.578. The number of aromatic nitrogens is 5. The predicted molar refractivity (Wildman–Crippen MR) is 84.8 cm³/mol. The standard InChI is InChI=1S/C16H21N5S/c1-2-4-11(3-1)5-8-13-18-16(21-20-13)22-14-9-10-17-15(19-14)12-6-7-12/h9-12H,1-8H2,(H,18,20,21). The molecular formula is C16H21N5S. The summed E-state index contributed by atoms with van der Waals surface area (Å²) in [6.07, 6.45) is 12.1. The van der Waals surface area contributed by atoms with Gasteiger partial charge in [0.05, 0.1) is 0 Å². The maximum Gasteiger partial charge on any atom is 0.214 e. The lowest BCUT2D eigenvalue weighted by molar-refractivity contribution is 0.497. The maximum absolute atomic E-state index is 4.61. The molecule has 0 bridgehead atoms. The zero-order valence-corrected chi connectivity index (χ0v) is 13.5. The molecule has 116 valence electrons. The van der Waals surface area contributed by atoms with Crippen LogP contribution in [-0.2, 0) is 6.42 Å². The summed E-state index contributed by atoms with van der Waals surface area (Å²) in [5.41, 5.74) is 0. The van der Waals surface area contributed by atoms with Crippen molar-refractivity contribution in [1.82, 2.24) is 25.1 Å². The van der Waals surface area contributed by atoms with Crippen LogP contribution in [0.25, 0.3) is 0 Å². The first-order valence-corrected chi connectivity index (χ1v) is 9.10. The molecule has 0 amide bonds. The summed E-state index contributed by atoms with van der Waals surface area (Å²) in [6, 6.07) is 1.94. The fraction of sp³-hybridized carbons (Fsp3) is 0.625. The molecule has 2 aliphatic rings. The molecule has 2 aromatic rings. The molecular weight excluding hydrogens is 294 g/mol. The Labute approximate surface area is 134 Å². The van der Waals surface area contributed by atoms with Crippen molar-refractivity contribution in [3.05, 3.63) is 23.9 Å². The molecule has 2 aromatic heterocycles. The van der Waals surface area contributed by atoms with Crippen LogP contribution in [0.3, 0.4) is 0 Å². The molecule has 5 nitrogen and oxygen atoms in total. The van der Waals surface area contributed by atoms with Crippen molar-refractivity contribution in [2.75, 3.05) is 0 Å². The van der Waals surface area contributed by atoms with Crippen LogP contribution in [0.1, 0.15) is 62.5 Å². The second-order valence-corrected chi connectivity index (χ2v) is 7.37. The van der Waals surface area contributed by atoms with Gasteiger partial charge in [-0.15, -0.1) is 5.10 Å². The Morgan fingerprint density at radius 1 is 1.14 bits per heavy atom. The minimum Gasteiger partial charge on any atom is -0.262 e. The zero-order chi connectivity index (χ0) is 14.8. The number of nitrogens with one attached hydrogen (secondary N) is 1. The van der Waals surface area contributed by atoms with E-state index in [2.05, 4.69) is 25.1 Å². The van der Waals surface area contributed by atoms with E-state index in [0.717, 1.165) is 34.2 Å². The van der Waals surface area contributed by atoms with Gasteiger partial charge in [-0.25, -0.2) is 15.0 Å². The van der Waals surface area contributed by atoms with Crippen LogP contribution in [-0.4, -0.2) is 25.1 Å². The molecule has 2 aliphatic carbocycles. The molecule has 1 N–H and O–H groups in total. The predicted octanol–water partition coefficient (Wildman–Crippen LogP) is 3.75. The van der Waals surface area contributed by atoms with Crippen molar-refractivity contribution >= 4 is 11.8 Å². The largest absolute Gasteiger partial charge is 0.262 e. The van der Waals surface area contributed by atoms with Gasteiger partial charge in [-0.2, -0.15) is 0 Å². The van der Waals surface area contributed by atoms with Gasteiger partial charge in [0.15, 0.2) is 0 Å². The molecule has 0 radical (unpaired) electrons. The van der Waals surface area contributed by atoms with Gasteiger partial charge in [0.2, 0.25) is 5.16 Å². The van der Waals surface area contributed by atoms with E-state index >= 15 is 0 Å². The van der Waals surface area contributed by atoms with Crippen LogP contribution >= 0.6 is 11.8 Å². The van der Waals surface area contributed by atoms with Crippen molar-refractivity contribution in [2.24, 2.45) is 5.92 Å². The molecule has 6 heteroatoms. The van der Waals surface area contributed by atoms with Crippen LogP contribution in [0.2, 0.25) is 0 Å². The lowest BCUT2D eigenvalue weighted by atomic mass is 10.0. The van der Waals surface area contributed by atoms with Crippen molar-refractivity contribution in [3.8, 4) is 0 Å². The number of hydrogen-bond acceptors (Lipinski definition) is 5. The van der Waals surface area contributed by atoms with Gasteiger partial charge in [0, 0.05) is 18.5 Å². The Balaban J connectivity index is 1.35. The molecule has 0 aliphatic heterocycles. The number of aryl methyl sites for hydroxylation is 1. The fourth-order valence-corrected chi connectivity index (χ4v) is 3.82. The van der Waals surface area contributed by atoms with Gasteiger partial charge in [0.25, 0.3) is 0 Å². The zero-order valence-electron chi connectivity index (χ0n) is 12.7. The summed E-state index contributed by atoms with van der Waals surface area (Å²) in [4.78, 5) is 13.5. The van der Waals surface area contributed by atoms with E-state index in [1.54, 1.807) is 0 Å². The Bertz CT molecular complexity index is 631. The normalized spacial score (nSPS) is 18.9. The molecule has 0 spiro atoms. The van der Waals surface area contributed by atoms with Gasteiger partial charge >= 0.3 is 0 Å². The average Bonchev–Trinajstić information content (AvgIpc) is 3.08. The molecule has 0 saturated heterocycles. The van der Waals surface area contributed by atoms with Crippen LogP contribution in [0, 0.1) is 5.92 Å². The number of H-pyrrole nitrogens is 1. The van der Waals surface area contributed by atoms with E-state index < -0.39 is 0 Å². The summed E-state index contributed by atoms with van der Waals surface area (Å²) in [7, 11) is 0. The van der Waals surface area contributed by atoms with Gasteiger partial charge in [-0.3, -0.25) is 5.10 Å². The molecule has 0 atom stereocenters. The van der Waals surface area contributed by atoms with Crippen LogP contribution in [0.5, 0.6) is 0 Å². The van der Waals surface area contributed by atoms with Gasteiger partial charge in [-0.05, 0) is 43.0 Å². The van der Waals surface area contributed by atoms with E-state index in [9.17, 15) is 0 Å². The highest BCUT2D eigenvalue weighted by atomic mass is 32.2. The Hall–Kier alpha value is -1.43. The quantitative estimate of drug-likeness (QED) is 0.822. The highest BCUT2D eigenvalue weighted by Gasteiger charge is 2.26.